The molecule has 3 amide bonds. The minimum Gasteiger partial charge on any atom is -0.348 e. The molecule has 33 heavy (non-hydrogen) atoms. The number of amides is 3. The average molecular weight is 457 g/mol. The van der Waals surface area contributed by atoms with Crippen molar-refractivity contribution < 1.29 is 27.2 Å². The third-order valence-corrected chi connectivity index (χ3v) is 5.42. The molecule has 0 aromatic heterocycles. The third-order valence-electron chi connectivity index (χ3n) is 5.42. The maximum atomic E-state index is 13.5. The molecule has 4 rings (SSSR count). The van der Waals surface area contributed by atoms with E-state index in [9.17, 15) is 27.2 Å². The van der Waals surface area contributed by atoms with E-state index in [1.807, 2.05) is 25.1 Å². The summed E-state index contributed by atoms with van der Waals surface area (Å²) in [5.74, 6) is -1.53. The number of benzene rings is 3. The molecule has 170 valence electrons. The minimum absolute atomic E-state index is 0.119. The van der Waals surface area contributed by atoms with Crippen LogP contribution in [0.4, 0.5) is 33.7 Å². The van der Waals surface area contributed by atoms with Crippen molar-refractivity contribution in [2.75, 3.05) is 10.6 Å². The normalized spacial score (nSPS) is 12.8. The lowest BCUT2D eigenvalue weighted by Crippen LogP contribution is -2.21. The first-order valence-corrected chi connectivity index (χ1v) is 10.2. The molecule has 0 saturated carbocycles. The molecule has 0 atom stereocenters. The zero-order valence-corrected chi connectivity index (χ0v) is 17.4. The highest BCUT2D eigenvalue weighted by molar-refractivity contribution is 6.01. The van der Waals surface area contributed by atoms with Gasteiger partial charge in [0.1, 0.15) is 5.82 Å². The Labute approximate surface area is 186 Å². The Morgan fingerprint density at radius 3 is 2.52 bits per heavy atom. The van der Waals surface area contributed by atoms with Crippen LogP contribution < -0.4 is 16.0 Å². The van der Waals surface area contributed by atoms with Gasteiger partial charge in [-0.3, -0.25) is 4.79 Å². The van der Waals surface area contributed by atoms with Crippen LogP contribution >= 0.6 is 0 Å². The smallest absolute Gasteiger partial charge is 0.348 e. The number of halogens is 4. The summed E-state index contributed by atoms with van der Waals surface area (Å²) in [6.45, 7) is 2.34. The van der Waals surface area contributed by atoms with Crippen molar-refractivity contribution in [3.8, 4) is 11.1 Å². The molecule has 0 saturated heterocycles. The molecule has 0 unspecified atom stereocenters. The molecule has 0 radical (unpaired) electrons. The van der Waals surface area contributed by atoms with Crippen molar-refractivity contribution >= 4 is 23.3 Å². The average Bonchev–Trinajstić information content (AvgIpc) is 3.15. The van der Waals surface area contributed by atoms with Crippen LogP contribution in [-0.2, 0) is 19.1 Å². The molecule has 1 heterocycles. The quantitative estimate of drug-likeness (QED) is 0.423. The van der Waals surface area contributed by atoms with E-state index >= 15 is 0 Å². The number of carbonyl (C=O) groups is 2. The highest BCUT2D eigenvalue weighted by Gasteiger charge is 2.34. The van der Waals surface area contributed by atoms with Gasteiger partial charge < -0.3 is 16.0 Å². The topological polar surface area (TPSA) is 70.2 Å². The molecular weight excluding hydrogens is 438 g/mol. The van der Waals surface area contributed by atoms with E-state index in [4.69, 9.17) is 0 Å². The second-order valence-electron chi connectivity index (χ2n) is 7.51. The maximum Gasteiger partial charge on any atom is 0.419 e. The van der Waals surface area contributed by atoms with Crippen LogP contribution in [0.2, 0.25) is 0 Å². The predicted octanol–water partition coefficient (Wildman–Crippen LogP) is 5.96. The Morgan fingerprint density at radius 1 is 1.03 bits per heavy atom. The van der Waals surface area contributed by atoms with Crippen molar-refractivity contribution in [1.29, 1.82) is 0 Å². The summed E-state index contributed by atoms with van der Waals surface area (Å²) in [7, 11) is 0. The molecule has 3 aromatic rings. The Bertz CT molecular complexity index is 1250. The molecule has 0 spiro atoms. The fourth-order valence-corrected chi connectivity index (χ4v) is 3.80. The number of alkyl halides is 3. The zero-order valence-electron chi connectivity index (χ0n) is 17.4. The number of urea groups is 1. The Balaban J connectivity index is 1.55. The van der Waals surface area contributed by atoms with Gasteiger partial charge in [-0.1, -0.05) is 25.1 Å². The van der Waals surface area contributed by atoms with Crippen molar-refractivity contribution in [3.05, 3.63) is 82.7 Å². The van der Waals surface area contributed by atoms with Gasteiger partial charge in [-0.25, -0.2) is 9.18 Å². The van der Waals surface area contributed by atoms with Crippen LogP contribution in [0.5, 0.6) is 0 Å². The first-order chi connectivity index (χ1) is 15.7. The molecule has 5 nitrogen and oxygen atoms in total. The largest absolute Gasteiger partial charge is 0.419 e. The van der Waals surface area contributed by atoms with Crippen molar-refractivity contribution in [1.82, 2.24) is 5.32 Å². The number of carbonyl (C=O) groups excluding carboxylic acids is 2. The van der Waals surface area contributed by atoms with Crippen LogP contribution in [0, 0.1) is 5.82 Å². The highest BCUT2D eigenvalue weighted by atomic mass is 19.4. The standard InChI is InChI=1S/C24H19F4N3O2/c1-2-13-10-14(16-4-3-5-17-18(16)12-29-22(17)32)6-9-21(13)31-23(33)30-15-7-8-20(25)19(11-15)24(26,27)28/h3-11H,2,12H2,1H3,(H,29,32)(H2,30,31,33). The van der Waals surface area contributed by atoms with Crippen LogP contribution in [0.1, 0.15) is 34.0 Å². The lowest BCUT2D eigenvalue weighted by Gasteiger charge is -2.15. The van der Waals surface area contributed by atoms with Crippen LogP contribution in [0.15, 0.2) is 54.6 Å². The molecule has 3 N–H and O–H groups in total. The minimum atomic E-state index is -4.87. The summed E-state index contributed by atoms with van der Waals surface area (Å²) in [6.07, 6.45) is -4.30. The number of hydrogen-bond acceptors (Lipinski definition) is 2. The maximum absolute atomic E-state index is 13.5. The SMILES string of the molecule is CCc1cc(-c2cccc3c2CNC3=O)ccc1NC(=O)Nc1ccc(F)c(C(F)(F)F)c1. The van der Waals surface area contributed by atoms with Gasteiger partial charge in [0.2, 0.25) is 0 Å². The first kappa shape index (κ1) is 22.3. The summed E-state index contributed by atoms with van der Waals surface area (Å²) in [4.78, 5) is 24.3. The van der Waals surface area contributed by atoms with Gasteiger partial charge in [-0.15, -0.1) is 0 Å². The number of aryl methyl sites for hydroxylation is 1. The van der Waals surface area contributed by atoms with E-state index in [0.29, 0.717) is 36.3 Å². The van der Waals surface area contributed by atoms with Gasteiger partial charge in [-0.05, 0) is 65.1 Å². The van der Waals surface area contributed by atoms with Gasteiger partial charge in [0.25, 0.3) is 5.91 Å². The van der Waals surface area contributed by atoms with E-state index in [1.54, 1.807) is 18.2 Å². The summed E-state index contributed by atoms with van der Waals surface area (Å²) >= 11 is 0. The van der Waals surface area contributed by atoms with Gasteiger partial charge in [0, 0.05) is 23.5 Å². The van der Waals surface area contributed by atoms with E-state index in [-0.39, 0.29) is 11.6 Å². The second-order valence-corrected chi connectivity index (χ2v) is 7.51. The number of fused-ring (bicyclic) bond motifs is 1. The number of hydrogen-bond donors (Lipinski definition) is 3. The van der Waals surface area contributed by atoms with Crippen molar-refractivity contribution in [2.45, 2.75) is 26.1 Å². The fraction of sp³-hybridized carbons (Fsp3) is 0.167. The molecule has 9 heteroatoms. The van der Waals surface area contributed by atoms with Crippen LogP contribution in [0.25, 0.3) is 11.1 Å². The van der Waals surface area contributed by atoms with Crippen LogP contribution in [0.3, 0.4) is 0 Å². The number of rotatable bonds is 4. The Hall–Kier alpha value is -3.88. The van der Waals surface area contributed by atoms with E-state index in [1.165, 1.54) is 0 Å². The number of nitrogens with one attached hydrogen (secondary N) is 3. The van der Waals surface area contributed by atoms with Crippen molar-refractivity contribution in [3.63, 3.8) is 0 Å². The molecule has 0 aliphatic carbocycles. The molecule has 0 bridgehead atoms. The molecule has 3 aromatic carbocycles. The lowest BCUT2D eigenvalue weighted by molar-refractivity contribution is -0.139. The summed E-state index contributed by atoms with van der Waals surface area (Å²) < 4.78 is 52.2. The van der Waals surface area contributed by atoms with E-state index in [2.05, 4.69) is 16.0 Å². The summed E-state index contributed by atoms with van der Waals surface area (Å²) in [6, 6.07) is 12.4. The van der Waals surface area contributed by atoms with Gasteiger partial charge in [0.05, 0.1) is 5.56 Å². The highest BCUT2D eigenvalue weighted by Crippen LogP contribution is 2.34. The Morgan fingerprint density at radius 2 is 1.79 bits per heavy atom. The predicted molar refractivity (Wildman–Crippen MR) is 116 cm³/mol. The molecule has 1 aliphatic heterocycles. The van der Waals surface area contributed by atoms with E-state index in [0.717, 1.165) is 28.3 Å². The lowest BCUT2D eigenvalue weighted by atomic mass is 9.94. The third kappa shape index (κ3) is 4.52. The summed E-state index contributed by atoms with van der Waals surface area (Å²) in [5.41, 5.74) is 2.95. The Kier molecular flexibility index (Phi) is 5.80. The monoisotopic (exact) mass is 457 g/mol. The first-order valence-electron chi connectivity index (χ1n) is 10.2. The van der Waals surface area contributed by atoms with Gasteiger partial charge >= 0.3 is 12.2 Å². The molecule has 0 fully saturated rings. The second kappa shape index (κ2) is 8.57. The molecular formula is C24H19F4N3O2. The summed E-state index contributed by atoms with van der Waals surface area (Å²) in [5, 5.41) is 7.74. The van der Waals surface area contributed by atoms with Gasteiger partial charge in [0.15, 0.2) is 0 Å². The van der Waals surface area contributed by atoms with Crippen LogP contribution in [-0.4, -0.2) is 11.9 Å². The zero-order chi connectivity index (χ0) is 23.8. The van der Waals surface area contributed by atoms with Crippen molar-refractivity contribution in [2.24, 2.45) is 0 Å². The fourth-order valence-electron chi connectivity index (χ4n) is 3.80. The number of anilines is 2. The van der Waals surface area contributed by atoms with Gasteiger partial charge in [-0.2, -0.15) is 13.2 Å². The molecule has 1 aliphatic rings. The van der Waals surface area contributed by atoms with E-state index < -0.39 is 23.6 Å².